The molecule has 19 heavy (non-hydrogen) atoms. The Morgan fingerprint density at radius 2 is 1.95 bits per heavy atom. The summed E-state index contributed by atoms with van der Waals surface area (Å²) in [6.07, 6.45) is 2.55. The molecule has 0 spiro atoms. The zero-order valence-electron chi connectivity index (χ0n) is 11.4. The fraction of sp³-hybridized carbons (Fsp3) is 0.333. The molecular weight excluding hydrogens is 240 g/mol. The number of benzene rings is 1. The number of carbonyl (C=O) groups is 1. The van der Waals surface area contributed by atoms with E-state index in [9.17, 15) is 4.79 Å². The molecule has 0 amide bonds. The lowest BCUT2D eigenvalue weighted by molar-refractivity contribution is 0.0697. The lowest BCUT2D eigenvalue weighted by atomic mass is 10.00. The van der Waals surface area contributed by atoms with Crippen LogP contribution in [0.3, 0.4) is 0 Å². The van der Waals surface area contributed by atoms with Crippen LogP contribution in [0.2, 0.25) is 0 Å². The minimum absolute atomic E-state index is 0.235. The van der Waals surface area contributed by atoms with Crippen LogP contribution >= 0.6 is 0 Å². The van der Waals surface area contributed by atoms with Crippen LogP contribution in [-0.2, 0) is 13.5 Å². The van der Waals surface area contributed by atoms with Gasteiger partial charge in [-0.3, -0.25) is 4.68 Å². The van der Waals surface area contributed by atoms with E-state index < -0.39 is 5.97 Å². The molecule has 0 atom stereocenters. The van der Waals surface area contributed by atoms with Gasteiger partial charge in [-0.05, 0) is 17.9 Å². The third kappa shape index (κ3) is 3.02. The van der Waals surface area contributed by atoms with Gasteiger partial charge in [-0.15, -0.1) is 0 Å². The number of aromatic nitrogens is 2. The minimum Gasteiger partial charge on any atom is -0.478 e. The molecule has 0 aliphatic rings. The van der Waals surface area contributed by atoms with Crippen LogP contribution < -0.4 is 0 Å². The maximum atomic E-state index is 11.2. The molecule has 1 aromatic carbocycles. The number of rotatable bonds is 4. The fourth-order valence-corrected chi connectivity index (χ4v) is 2.13. The molecule has 1 aromatic heterocycles. The predicted molar refractivity (Wildman–Crippen MR) is 74.1 cm³/mol. The van der Waals surface area contributed by atoms with E-state index >= 15 is 0 Å². The highest BCUT2D eigenvalue weighted by Crippen LogP contribution is 2.23. The monoisotopic (exact) mass is 258 g/mol. The van der Waals surface area contributed by atoms with E-state index in [1.165, 1.54) is 16.4 Å². The molecule has 1 heterocycles. The number of hydrogen-bond acceptors (Lipinski definition) is 2. The van der Waals surface area contributed by atoms with Crippen LogP contribution in [0.15, 0.2) is 30.5 Å². The maximum absolute atomic E-state index is 11.2. The predicted octanol–water partition coefficient (Wildman–Crippen LogP) is 2.98. The van der Waals surface area contributed by atoms with Gasteiger partial charge in [0.25, 0.3) is 0 Å². The summed E-state index contributed by atoms with van der Waals surface area (Å²) in [6, 6.07) is 7.95. The summed E-state index contributed by atoms with van der Waals surface area (Å²) in [4.78, 5) is 11.2. The third-order valence-electron chi connectivity index (χ3n) is 2.93. The molecule has 0 unspecified atom stereocenters. The van der Waals surface area contributed by atoms with E-state index in [-0.39, 0.29) is 5.56 Å². The Morgan fingerprint density at radius 1 is 1.32 bits per heavy atom. The summed E-state index contributed by atoms with van der Waals surface area (Å²) in [5.74, 6) is -0.343. The smallest absolute Gasteiger partial charge is 0.339 e. The van der Waals surface area contributed by atoms with Crippen molar-refractivity contribution in [3.63, 3.8) is 0 Å². The highest BCUT2D eigenvalue weighted by Gasteiger charge is 2.15. The molecule has 0 radical (unpaired) electrons. The molecule has 0 aliphatic carbocycles. The molecule has 0 aliphatic heterocycles. The van der Waals surface area contributed by atoms with Crippen molar-refractivity contribution in [2.75, 3.05) is 0 Å². The first kappa shape index (κ1) is 13.3. The van der Waals surface area contributed by atoms with Crippen molar-refractivity contribution in [2.24, 2.45) is 13.0 Å². The summed E-state index contributed by atoms with van der Waals surface area (Å²) >= 11 is 0. The molecule has 0 bridgehead atoms. The summed E-state index contributed by atoms with van der Waals surface area (Å²) in [5, 5.41) is 13.4. The molecule has 0 saturated heterocycles. The molecule has 100 valence electrons. The van der Waals surface area contributed by atoms with Gasteiger partial charge in [0.2, 0.25) is 0 Å². The largest absolute Gasteiger partial charge is 0.478 e. The topological polar surface area (TPSA) is 55.1 Å². The van der Waals surface area contributed by atoms with E-state index in [2.05, 4.69) is 18.9 Å². The number of carboxylic acids is 1. The van der Waals surface area contributed by atoms with Gasteiger partial charge in [0, 0.05) is 18.8 Å². The number of carboxylic acid groups (broad SMARTS) is 1. The van der Waals surface area contributed by atoms with Crippen molar-refractivity contribution in [3.05, 3.63) is 41.6 Å². The van der Waals surface area contributed by atoms with E-state index in [4.69, 9.17) is 5.11 Å². The lowest BCUT2D eigenvalue weighted by Gasteiger charge is -2.05. The van der Waals surface area contributed by atoms with Gasteiger partial charge in [0.15, 0.2) is 0 Å². The van der Waals surface area contributed by atoms with Crippen LogP contribution in [-0.4, -0.2) is 20.9 Å². The van der Waals surface area contributed by atoms with Gasteiger partial charge in [-0.2, -0.15) is 5.10 Å². The molecule has 1 N–H and O–H groups in total. The Bertz CT molecular complexity index is 583. The first-order valence-corrected chi connectivity index (χ1v) is 6.33. The van der Waals surface area contributed by atoms with Crippen LogP contribution in [0, 0.1) is 5.92 Å². The van der Waals surface area contributed by atoms with Gasteiger partial charge in [-0.25, -0.2) is 4.79 Å². The SMILES string of the molecule is CC(C)Cc1ccc(-c2nn(C)cc2C(=O)O)cc1. The normalized spacial score (nSPS) is 10.9. The molecule has 2 rings (SSSR count). The van der Waals surface area contributed by atoms with Gasteiger partial charge in [0.1, 0.15) is 11.3 Å². The Kier molecular flexibility index (Phi) is 3.69. The Labute approximate surface area is 112 Å². The van der Waals surface area contributed by atoms with E-state index in [1.54, 1.807) is 7.05 Å². The van der Waals surface area contributed by atoms with Crippen molar-refractivity contribution in [1.82, 2.24) is 9.78 Å². The highest BCUT2D eigenvalue weighted by atomic mass is 16.4. The molecule has 4 heteroatoms. The molecular formula is C15H18N2O2. The zero-order chi connectivity index (χ0) is 14.0. The number of hydrogen-bond donors (Lipinski definition) is 1. The van der Waals surface area contributed by atoms with Gasteiger partial charge < -0.3 is 5.11 Å². The van der Waals surface area contributed by atoms with Gasteiger partial charge >= 0.3 is 5.97 Å². The molecule has 0 saturated carbocycles. The summed E-state index contributed by atoms with van der Waals surface area (Å²) in [6.45, 7) is 4.35. The van der Waals surface area contributed by atoms with Crippen LogP contribution in [0.5, 0.6) is 0 Å². The second-order valence-corrected chi connectivity index (χ2v) is 5.17. The van der Waals surface area contributed by atoms with Gasteiger partial charge in [0.05, 0.1) is 0 Å². The third-order valence-corrected chi connectivity index (χ3v) is 2.93. The lowest BCUT2D eigenvalue weighted by Crippen LogP contribution is -1.97. The average Bonchev–Trinajstić information content (AvgIpc) is 2.72. The van der Waals surface area contributed by atoms with Crippen LogP contribution in [0.25, 0.3) is 11.3 Å². The second kappa shape index (κ2) is 5.26. The van der Waals surface area contributed by atoms with E-state index in [0.717, 1.165) is 12.0 Å². The maximum Gasteiger partial charge on any atom is 0.339 e. The Balaban J connectivity index is 2.34. The molecule has 0 fully saturated rings. The first-order valence-electron chi connectivity index (χ1n) is 6.33. The summed E-state index contributed by atoms with van der Waals surface area (Å²) in [5.41, 5.74) is 2.85. The fourth-order valence-electron chi connectivity index (χ4n) is 2.13. The molecule has 2 aromatic rings. The van der Waals surface area contributed by atoms with Crippen LogP contribution in [0.1, 0.15) is 29.8 Å². The van der Waals surface area contributed by atoms with Crippen molar-refractivity contribution in [3.8, 4) is 11.3 Å². The molecule has 4 nitrogen and oxygen atoms in total. The second-order valence-electron chi connectivity index (χ2n) is 5.17. The summed E-state index contributed by atoms with van der Waals surface area (Å²) in [7, 11) is 1.73. The minimum atomic E-state index is -0.950. The van der Waals surface area contributed by atoms with Crippen molar-refractivity contribution >= 4 is 5.97 Å². The summed E-state index contributed by atoms with van der Waals surface area (Å²) < 4.78 is 1.53. The zero-order valence-corrected chi connectivity index (χ0v) is 11.4. The number of aryl methyl sites for hydroxylation is 1. The van der Waals surface area contributed by atoms with Crippen LogP contribution in [0.4, 0.5) is 0 Å². The average molecular weight is 258 g/mol. The number of aromatic carboxylic acids is 1. The Morgan fingerprint density at radius 3 is 2.47 bits per heavy atom. The van der Waals surface area contributed by atoms with Crippen molar-refractivity contribution in [2.45, 2.75) is 20.3 Å². The van der Waals surface area contributed by atoms with E-state index in [0.29, 0.717) is 11.6 Å². The van der Waals surface area contributed by atoms with E-state index in [1.807, 2.05) is 24.3 Å². The number of nitrogens with zero attached hydrogens (tertiary/aromatic N) is 2. The first-order chi connectivity index (χ1) is 8.97. The van der Waals surface area contributed by atoms with Crippen molar-refractivity contribution < 1.29 is 9.90 Å². The standard InChI is InChI=1S/C15H18N2O2/c1-10(2)8-11-4-6-12(7-5-11)14-13(15(18)19)9-17(3)16-14/h4-7,9-10H,8H2,1-3H3,(H,18,19). The van der Waals surface area contributed by atoms with Gasteiger partial charge in [-0.1, -0.05) is 38.1 Å². The highest BCUT2D eigenvalue weighted by molar-refractivity contribution is 5.94. The van der Waals surface area contributed by atoms with Crippen molar-refractivity contribution in [1.29, 1.82) is 0 Å². The quantitative estimate of drug-likeness (QED) is 0.917. The Hall–Kier alpha value is -2.10.